The third-order valence-corrected chi connectivity index (χ3v) is 3.97. The van der Waals surface area contributed by atoms with Crippen LogP contribution in [0.1, 0.15) is 57.2 Å². The van der Waals surface area contributed by atoms with Crippen LogP contribution in [-0.2, 0) is 10.9 Å². The van der Waals surface area contributed by atoms with Crippen molar-refractivity contribution in [1.29, 1.82) is 0 Å². The number of benzene rings is 1. The molecule has 1 aromatic carbocycles. The molecule has 0 aliphatic carbocycles. The highest BCUT2D eigenvalue weighted by Crippen LogP contribution is 2.31. The summed E-state index contributed by atoms with van der Waals surface area (Å²) in [6.45, 7) is 8.80. The Labute approximate surface area is 129 Å². The minimum atomic E-state index is -0.0237. The molecule has 0 spiro atoms. The summed E-state index contributed by atoms with van der Waals surface area (Å²) < 4.78 is 2.27. The van der Waals surface area contributed by atoms with E-state index in [2.05, 4.69) is 88.7 Å². The van der Waals surface area contributed by atoms with E-state index in [-0.39, 0.29) is 11.5 Å². The van der Waals surface area contributed by atoms with Gasteiger partial charge in [0.1, 0.15) is 11.6 Å². The summed E-state index contributed by atoms with van der Waals surface area (Å²) in [7, 11) is 0. The van der Waals surface area contributed by atoms with Crippen molar-refractivity contribution in [2.75, 3.05) is 0 Å². The van der Waals surface area contributed by atoms with Crippen LogP contribution in [0.5, 0.6) is 0 Å². The quantitative estimate of drug-likeness (QED) is 0.771. The Morgan fingerprint density at radius 2 is 1.80 bits per heavy atom. The topological polar surface area (TPSA) is 30.7 Å². The van der Waals surface area contributed by atoms with Gasteiger partial charge in [0.25, 0.3) is 0 Å². The normalized spacial score (nSPS) is 13.4. The number of hydrogen-bond donors (Lipinski definition) is 0. The average Bonchev–Trinajstić information content (AvgIpc) is 2.85. The van der Waals surface area contributed by atoms with E-state index in [0.29, 0.717) is 0 Å². The van der Waals surface area contributed by atoms with Crippen LogP contribution in [0.3, 0.4) is 0 Å². The molecule has 1 atom stereocenters. The Morgan fingerprint density at radius 1 is 1.15 bits per heavy atom. The van der Waals surface area contributed by atoms with Crippen molar-refractivity contribution in [2.45, 2.75) is 50.9 Å². The molecule has 0 saturated heterocycles. The average molecular weight is 336 g/mol. The highest BCUT2D eigenvalue weighted by atomic mass is 79.9. The summed E-state index contributed by atoms with van der Waals surface area (Å²) in [5, 5.41) is 9.57. The molecule has 0 aliphatic heterocycles. The van der Waals surface area contributed by atoms with Crippen molar-refractivity contribution < 1.29 is 0 Å². The zero-order valence-corrected chi connectivity index (χ0v) is 14.2. The molecular weight excluding hydrogens is 314 g/mol. The molecule has 2 rings (SSSR count). The minimum Gasteiger partial charge on any atom is -0.308 e. The molecule has 4 heteroatoms. The predicted molar refractivity (Wildman–Crippen MR) is 86.2 cm³/mol. The Balaban J connectivity index is 2.54. The number of rotatable bonds is 4. The van der Waals surface area contributed by atoms with E-state index in [4.69, 9.17) is 0 Å². The molecule has 0 bridgehead atoms. The van der Waals surface area contributed by atoms with Gasteiger partial charge in [-0.1, -0.05) is 53.2 Å². The van der Waals surface area contributed by atoms with E-state index in [9.17, 15) is 0 Å². The van der Waals surface area contributed by atoms with Crippen LogP contribution in [0.2, 0.25) is 0 Å². The Morgan fingerprint density at radius 3 is 2.30 bits per heavy atom. The monoisotopic (exact) mass is 335 g/mol. The molecule has 0 saturated carbocycles. The first kappa shape index (κ1) is 15.2. The largest absolute Gasteiger partial charge is 0.308 e. The third-order valence-electron chi connectivity index (χ3n) is 3.47. The Kier molecular flexibility index (Phi) is 4.63. The first-order chi connectivity index (χ1) is 9.49. The highest BCUT2D eigenvalue weighted by molar-refractivity contribution is 9.08. The SMILES string of the molecule is CCC(c1ccccc1)c1nnc(CBr)n1C(C)(C)C. The molecule has 0 fully saturated rings. The van der Waals surface area contributed by atoms with Gasteiger partial charge >= 0.3 is 0 Å². The lowest BCUT2D eigenvalue weighted by Gasteiger charge is -2.27. The van der Waals surface area contributed by atoms with Crippen molar-refractivity contribution >= 4 is 15.9 Å². The maximum atomic E-state index is 4.48. The Hall–Kier alpha value is -1.16. The van der Waals surface area contributed by atoms with Crippen molar-refractivity contribution in [2.24, 2.45) is 0 Å². The van der Waals surface area contributed by atoms with Crippen LogP contribution >= 0.6 is 15.9 Å². The lowest BCUT2D eigenvalue weighted by Crippen LogP contribution is -2.27. The van der Waals surface area contributed by atoms with Gasteiger partial charge in [-0.3, -0.25) is 0 Å². The van der Waals surface area contributed by atoms with Crippen LogP contribution in [0, 0.1) is 0 Å². The van der Waals surface area contributed by atoms with Gasteiger partial charge < -0.3 is 4.57 Å². The number of halogens is 1. The van der Waals surface area contributed by atoms with Gasteiger partial charge in [-0.25, -0.2) is 0 Å². The van der Waals surface area contributed by atoms with E-state index >= 15 is 0 Å². The minimum absolute atomic E-state index is 0.0237. The van der Waals surface area contributed by atoms with Crippen LogP contribution < -0.4 is 0 Å². The van der Waals surface area contributed by atoms with Gasteiger partial charge in [-0.15, -0.1) is 10.2 Å². The zero-order valence-electron chi connectivity index (χ0n) is 12.6. The van der Waals surface area contributed by atoms with E-state index < -0.39 is 0 Å². The fourth-order valence-corrected chi connectivity index (χ4v) is 2.99. The van der Waals surface area contributed by atoms with E-state index in [0.717, 1.165) is 23.4 Å². The smallest absolute Gasteiger partial charge is 0.144 e. The second-order valence-electron chi connectivity index (χ2n) is 5.99. The third kappa shape index (κ3) is 2.95. The number of hydrogen-bond acceptors (Lipinski definition) is 2. The van der Waals surface area contributed by atoms with Crippen molar-refractivity contribution in [3.05, 3.63) is 47.5 Å². The van der Waals surface area contributed by atoms with Crippen LogP contribution in [0.25, 0.3) is 0 Å². The molecule has 0 amide bonds. The maximum absolute atomic E-state index is 4.48. The van der Waals surface area contributed by atoms with Gasteiger partial charge in [-0.05, 0) is 32.8 Å². The fraction of sp³-hybridized carbons (Fsp3) is 0.500. The van der Waals surface area contributed by atoms with Crippen molar-refractivity contribution in [1.82, 2.24) is 14.8 Å². The summed E-state index contributed by atoms with van der Waals surface area (Å²) in [5.74, 6) is 2.33. The molecule has 3 nitrogen and oxygen atoms in total. The number of aromatic nitrogens is 3. The van der Waals surface area contributed by atoms with Crippen LogP contribution in [0.4, 0.5) is 0 Å². The molecule has 108 valence electrons. The van der Waals surface area contributed by atoms with Crippen LogP contribution in [-0.4, -0.2) is 14.8 Å². The first-order valence-electron chi connectivity index (χ1n) is 7.04. The van der Waals surface area contributed by atoms with Gasteiger partial charge in [-0.2, -0.15) is 0 Å². The summed E-state index contributed by atoms with van der Waals surface area (Å²) >= 11 is 3.52. The predicted octanol–water partition coefficient (Wildman–Crippen LogP) is 4.47. The van der Waals surface area contributed by atoms with E-state index in [1.807, 2.05) is 0 Å². The van der Waals surface area contributed by atoms with Gasteiger partial charge in [0.2, 0.25) is 0 Å². The van der Waals surface area contributed by atoms with E-state index in [1.54, 1.807) is 0 Å². The summed E-state index contributed by atoms with van der Waals surface area (Å²) in [4.78, 5) is 0. The number of alkyl halides is 1. The first-order valence-corrected chi connectivity index (χ1v) is 8.16. The zero-order chi connectivity index (χ0) is 14.8. The number of nitrogens with zero attached hydrogens (tertiary/aromatic N) is 3. The fourth-order valence-electron chi connectivity index (χ4n) is 2.63. The molecule has 1 heterocycles. The van der Waals surface area contributed by atoms with Crippen molar-refractivity contribution in [3.63, 3.8) is 0 Å². The highest BCUT2D eigenvalue weighted by Gasteiger charge is 2.27. The van der Waals surface area contributed by atoms with Gasteiger partial charge in [0, 0.05) is 11.5 Å². The second kappa shape index (κ2) is 6.08. The molecule has 0 aliphatic rings. The lowest BCUT2D eigenvalue weighted by molar-refractivity contribution is 0.367. The summed E-state index contributed by atoms with van der Waals surface area (Å²) in [5.41, 5.74) is 1.28. The van der Waals surface area contributed by atoms with Crippen LogP contribution in [0.15, 0.2) is 30.3 Å². The second-order valence-corrected chi connectivity index (χ2v) is 6.55. The Bertz CT molecular complexity index is 555. The van der Waals surface area contributed by atoms with Crippen molar-refractivity contribution in [3.8, 4) is 0 Å². The van der Waals surface area contributed by atoms with E-state index in [1.165, 1.54) is 5.56 Å². The molecule has 1 unspecified atom stereocenters. The standard InChI is InChI=1S/C16H22BrN3/c1-5-13(12-9-7-6-8-10-12)15-19-18-14(11-17)20(15)16(2,3)4/h6-10,13H,5,11H2,1-4H3. The molecule has 1 aromatic heterocycles. The molecule has 0 N–H and O–H groups in total. The molecular formula is C16H22BrN3. The molecule has 0 radical (unpaired) electrons. The summed E-state index contributed by atoms with van der Waals surface area (Å²) in [6.07, 6.45) is 1.01. The van der Waals surface area contributed by atoms with Gasteiger partial charge in [0.05, 0.1) is 5.33 Å². The van der Waals surface area contributed by atoms with Gasteiger partial charge in [0.15, 0.2) is 0 Å². The molecule has 20 heavy (non-hydrogen) atoms. The summed E-state index contributed by atoms with van der Waals surface area (Å²) in [6, 6.07) is 10.6. The lowest BCUT2D eigenvalue weighted by atomic mass is 9.94. The maximum Gasteiger partial charge on any atom is 0.144 e. The molecule has 2 aromatic rings.